The molecule has 0 saturated carbocycles. The summed E-state index contributed by atoms with van der Waals surface area (Å²) < 4.78 is 46.5. The highest BCUT2D eigenvalue weighted by molar-refractivity contribution is 6.00. The second-order valence-corrected chi connectivity index (χ2v) is 12.0. The first kappa shape index (κ1) is 34.9. The number of hydrogen-bond acceptors (Lipinski definition) is 7. The smallest absolute Gasteiger partial charge is 0.378 e. The number of likely N-dealkylation sites (tertiary alicyclic amines) is 1. The third-order valence-electron chi connectivity index (χ3n) is 8.53. The summed E-state index contributed by atoms with van der Waals surface area (Å²) in [6.07, 6.45) is -1.15. The van der Waals surface area contributed by atoms with Gasteiger partial charge in [-0.25, -0.2) is 14.8 Å². The van der Waals surface area contributed by atoms with Crippen molar-refractivity contribution in [3.63, 3.8) is 0 Å². The van der Waals surface area contributed by atoms with Gasteiger partial charge in [-0.3, -0.25) is 4.79 Å². The van der Waals surface area contributed by atoms with Gasteiger partial charge in [-0.15, -0.1) is 12.4 Å². The van der Waals surface area contributed by atoms with Gasteiger partial charge in [-0.1, -0.05) is 0 Å². The Kier molecular flexibility index (Phi) is 10.8. The van der Waals surface area contributed by atoms with E-state index in [0.29, 0.717) is 79.1 Å². The number of benzene rings is 2. The fourth-order valence-corrected chi connectivity index (χ4v) is 5.98. The maximum absolute atomic E-state index is 13.3. The van der Waals surface area contributed by atoms with E-state index in [2.05, 4.69) is 34.6 Å². The summed E-state index contributed by atoms with van der Waals surface area (Å²) in [6.45, 7) is 2.36. The quantitative estimate of drug-likeness (QED) is 0.256. The highest BCUT2D eigenvalue weighted by Gasteiger charge is 2.30. The third-order valence-corrected chi connectivity index (χ3v) is 8.53. The number of halogens is 4. The Hall–Kier alpha value is -4.40. The molecular formula is C33H38ClF3N8O3. The lowest BCUT2D eigenvalue weighted by Gasteiger charge is -2.35. The number of nitrogens with zero attached hydrogens (tertiary/aromatic N) is 6. The number of amides is 3. The van der Waals surface area contributed by atoms with Crippen molar-refractivity contribution in [2.45, 2.75) is 31.6 Å². The molecule has 48 heavy (non-hydrogen) atoms. The van der Waals surface area contributed by atoms with Crippen molar-refractivity contribution in [2.75, 3.05) is 69.0 Å². The number of anilines is 3. The van der Waals surface area contributed by atoms with Crippen molar-refractivity contribution in [1.82, 2.24) is 24.3 Å². The number of fused-ring (bicyclic) bond motifs is 1. The molecule has 4 aromatic rings. The minimum absolute atomic E-state index is 0. The van der Waals surface area contributed by atoms with Gasteiger partial charge < -0.3 is 34.6 Å². The number of piperidine rings is 1. The number of rotatable bonds is 7. The number of morpholine rings is 1. The number of nitrogens with one attached hydrogen (secondary N) is 2. The Bertz CT molecular complexity index is 1720. The van der Waals surface area contributed by atoms with Crippen molar-refractivity contribution in [2.24, 2.45) is 0 Å². The van der Waals surface area contributed by atoms with Crippen molar-refractivity contribution >= 4 is 52.6 Å². The van der Waals surface area contributed by atoms with E-state index in [0.717, 1.165) is 17.4 Å². The monoisotopic (exact) mass is 686 g/mol. The lowest BCUT2D eigenvalue weighted by Crippen LogP contribution is -2.44. The molecule has 2 saturated heterocycles. The van der Waals surface area contributed by atoms with Crippen molar-refractivity contribution < 1.29 is 27.5 Å². The third kappa shape index (κ3) is 8.17. The van der Waals surface area contributed by atoms with Crippen molar-refractivity contribution in [3.8, 4) is 11.4 Å². The second-order valence-electron chi connectivity index (χ2n) is 12.0. The van der Waals surface area contributed by atoms with Crippen LogP contribution in [0.15, 0.2) is 60.8 Å². The van der Waals surface area contributed by atoms with Crippen LogP contribution in [0.3, 0.4) is 0 Å². The molecule has 2 fully saturated rings. The van der Waals surface area contributed by atoms with Crippen LogP contribution in [0, 0.1) is 0 Å². The number of hydrogen-bond donors (Lipinski definition) is 2. The Balaban J connectivity index is 0.00000451. The summed E-state index contributed by atoms with van der Waals surface area (Å²) >= 11 is 0. The molecule has 2 aliphatic heterocycles. The largest absolute Gasteiger partial charge is 0.406 e. The molecule has 0 spiro atoms. The molecule has 0 atom stereocenters. The van der Waals surface area contributed by atoms with E-state index in [1.807, 2.05) is 9.80 Å². The molecule has 0 bridgehead atoms. The molecule has 4 heterocycles. The van der Waals surface area contributed by atoms with E-state index in [-0.39, 0.29) is 29.8 Å². The topological polar surface area (TPSA) is 108 Å². The van der Waals surface area contributed by atoms with Gasteiger partial charge in [0.05, 0.1) is 18.6 Å². The van der Waals surface area contributed by atoms with Gasteiger partial charge in [0.15, 0.2) is 5.82 Å². The zero-order valence-electron chi connectivity index (χ0n) is 26.7. The van der Waals surface area contributed by atoms with Crippen molar-refractivity contribution in [1.29, 1.82) is 0 Å². The zero-order valence-corrected chi connectivity index (χ0v) is 27.5. The SMILES string of the molecule is CN(C)C1CCN(C(=O)c2ccc(NC(=O)Nc3ccc(-c4nc(N5CCOCC5)c5ccn(CC(F)(F)F)c5n4)cc3)cc2)CC1.Cl. The molecular weight excluding hydrogens is 649 g/mol. The van der Waals surface area contributed by atoms with Crippen LogP contribution in [0.2, 0.25) is 0 Å². The summed E-state index contributed by atoms with van der Waals surface area (Å²) in [6, 6.07) is 15.2. The average molecular weight is 687 g/mol. The summed E-state index contributed by atoms with van der Waals surface area (Å²) in [7, 11) is 4.12. The Morgan fingerprint density at radius 1 is 0.896 bits per heavy atom. The maximum atomic E-state index is 13.3. The molecule has 2 aromatic heterocycles. The molecule has 256 valence electrons. The molecule has 0 aliphatic carbocycles. The van der Waals surface area contributed by atoms with E-state index in [1.165, 1.54) is 6.20 Å². The predicted molar refractivity (Wildman–Crippen MR) is 181 cm³/mol. The molecule has 2 aromatic carbocycles. The number of aromatic nitrogens is 3. The maximum Gasteiger partial charge on any atom is 0.406 e. The Morgan fingerprint density at radius 2 is 1.50 bits per heavy atom. The van der Waals surface area contributed by atoms with Crippen molar-refractivity contribution in [3.05, 3.63) is 66.4 Å². The van der Waals surface area contributed by atoms with Gasteiger partial charge in [0.25, 0.3) is 5.91 Å². The zero-order chi connectivity index (χ0) is 33.1. The molecule has 2 aliphatic rings. The van der Waals surface area contributed by atoms with E-state index >= 15 is 0 Å². The number of carbonyl (C=O) groups is 2. The van der Waals surface area contributed by atoms with Crippen LogP contribution in [-0.2, 0) is 11.3 Å². The fraction of sp³-hybridized carbons (Fsp3) is 0.394. The summed E-state index contributed by atoms with van der Waals surface area (Å²) in [5, 5.41) is 6.08. The van der Waals surface area contributed by atoms with Crippen LogP contribution in [-0.4, -0.2) is 102 Å². The van der Waals surface area contributed by atoms with E-state index in [4.69, 9.17) is 9.72 Å². The van der Waals surface area contributed by atoms with E-state index in [9.17, 15) is 22.8 Å². The first-order valence-electron chi connectivity index (χ1n) is 15.5. The number of urea groups is 1. The Morgan fingerprint density at radius 3 is 2.08 bits per heavy atom. The number of ether oxygens (including phenoxy) is 1. The van der Waals surface area contributed by atoms with Crippen LogP contribution < -0.4 is 15.5 Å². The van der Waals surface area contributed by atoms with Gasteiger partial charge in [-0.05, 0) is 81.5 Å². The minimum atomic E-state index is -4.41. The van der Waals surface area contributed by atoms with E-state index < -0.39 is 18.8 Å². The van der Waals surface area contributed by atoms with Crippen LogP contribution in [0.25, 0.3) is 22.4 Å². The first-order chi connectivity index (χ1) is 22.5. The lowest BCUT2D eigenvalue weighted by atomic mass is 10.0. The highest BCUT2D eigenvalue weighted by Crippen LogP contribution is 2.31. The normalized spacial score (nSPS) is 15.8. The molecule has 3 amide bonds. The van der Waals surface area contributed by atoms with Gasteiger partial charge in [0.1, 0.15) is 18.0 Å². The van der Waals surface area contributed by atoms with Gasteiger partial charge in [0.2, 0.25) is 0 Å². The molecule has 2 N–H and O–H groups in total. The summed E-state index contributed by atoms with van der Waals surface area (Å²) in [5.74, 6) is 0.804. The molecule has 0 radical (unpaired) electrons. The fourth-order valence-electron chi connectivity index (χ4n) is 5.98. The molecule has 11 nitrogen and oxygen atoms in total. The predicted octanol–water partition coefficient (Wildman–Crippen LogP) is 5.73. The van der Waals surface area contributed by atoms with Crippen LogP contribution in [0.4, 0.5) is 35.2 Å². The van der Waals surface area contributed by atoms with Crippen LogP contribution in [0.5, 0.6) is 0 Å². The minimum Gasteiger partial charge on any atom is -0.378 e. The van der Waals surface area contributed by atoms with Gasteiger partial charge in [-0.2, -0.15) is 13.2 Å². The summed E-state index contributed by atoms with van der Waals surface area (Å²) in [5.41, 5.74) is 2.36. The van der Waals surface area contributed by atoms with Gasteiger partial charge in [0, 0.05) is 60.9 Å². The highest BCUT2D eigenvalue weighted by atomic mass is 35.5. The molecule has 0 unspecified atom stereocenters. The second kappa shape index (κ2) is 14.8. The molecule has 6 rings (SSSR count). The van der Waals surface area contributed by atoms with Gasteiger partial charge >= 0.3 is 12.2 Å². The lowest BCUT2D eigenvalue weighted by molar-refractivity contribution is -0.139. The Labute approximate surface area is 282 Å². The van der Waals surface area contributed by atoms with E-state index in [1.54, 1.807) is 54.6 Å². The summed E-state index contributed by atoms with van der Waals surface area (Å²) in [4.78, 5) is 41.0. The number of alkyl halides is 3. The standard InChI is InChI=1S/C33H37F3N8O3.ClH/c1-41(2)26-11-14-43(15-12-26)31(45)23-5-9-25(10-6-23)38-32(46)37-24-7-3-22(4-8-24)28-39-29(42-17-19-47-20-18-42)27-13-16-44(30(27)40-28)21-33(34,35)36;/h3-10,13,16,26H,11-12,14-15,17-21H2,1-2H3,(H2,37,38,46);1H. The number of carbonyl (C=O) groups excluding carboxylic acids is 2. The average Bonchev–Trinajstić information content (AvgIpc) is 3.46. The van der Waals surface area contributed by atoms with Crippen LogP contribution in [0.1, 0.15) is 23.2 Å². The first-order valence-corrected chi connectivity index (χ1v) is 15.5. The van der Waals surface area contributed by atoms with Crippen LogP contribution >= 0.6 is 12.4 Å². The molecule has 15 heteroatoms.